The Hall–Kier alpha value is -4.01. The lowest BCUT2D eigenvalue weighted by Crippen LogP contribution is -2.50. The molecule has 0 bridgehead atoms. The molecule has 0 aliphatic heterocycles. The summed E-state index contributed by atoms with van der Waals surface area (Å²) in [5, 5.41) is 9.65. The van der Waals surface area contributed by atoms with Gasteiger partial charge in [0.25, 0.3) is 0 Å². The van der Waals surface area contributed by atoms with Crippen LogP contribution in [0.15, 0.2) is 109 Å². The van der Waals surface area contributed by atoms with Gasteiger partial charge in [-0.3, -0.25) is 9.59 Å². The maximum absolute atomic E-state index is 12.8. The van der Waals surface area contributed by atoms with Crippen LogP contribution in [0.2, 0.25) is 0 Å². The molecule has 0 radical (unpaired) electrons. The lowest BCUT2D eigenvalue weighted by Gasteiger charge is -2.31. The van der Waals surface area contributed by atoms with Crippen LogP contribution in [0.3, 0.4) is 0 Å². The van der Waals surface area contributed by atoms with E-state index in [4.69, 9.17) is 14.2 Å². The summed E-state index contributed by atoms with van der Waals surface area (Å²) in [6.45, 7) is 4.52. The summed E-state index contributed by atoms with van der Waals surface area (Å²) in [7, 11) is 5.50. The van der Waals surface area contributed by atoms with Crippen LogP contribution in [-0.4, -0.2) is 80.6 Å². The number of carboxylic acids is 1. The molecule has 0 spiro atoms. The van der Waals surface area contributed by atoms with Crippen LogP contribution in [-0.2, 0) is 28.6 Å². The molecule has 2 atom stereocenters. The molecule has 0 heterocycles. The van der Waals surface area contributed by atoms with Gasteiger partial charge in [0.1, 0.15) is 6.61 Å². The normalized spacial score (nSPS) is 13.8. The molecule has 65 heavy (non-hydrogen) atoms. The number of unbranched alkanes of at least 4 members (excludes halogenated alkanes) is 18. The predicted molar refractivity (Wildman–Crippen MR) is 275 cm³/mol. The number of ether oxygens (including phenoxy) is 3. The summed E-state index contributed by atoms with van der Waals surface area (Å²) < 4.78 is 17.3. The molecule has 0 saturated carbocycles. The quantitative estimate of drug-likeness (QED) is 0.0214. The van der Waals surface area contributed by atoms with Gasteiger partial charge in [-0.2, -0.15) is 0 Å². The first-order valence-corrected chi connectivity index (χ1v) is 25.5. The summed E-state index contributed by atoms with van der Waals surface area (Å²) in [4.78, 5) is 37.2. The van der Waals surface area contributed by atoms with Crippen LogP contribution >= 0.6 is 0 Å². The Bertz CT molecular complexity index is 1420. The Kier molecular flexibility index (Phi) is 43.6. The molecule has 0 aliphatic rings. The molecular weight excluding hydrogens is 811 g/mol. The number of carbonyl (C=O) groups is 3. The molecule has 8 nitrogen and oxygen atoms in total. The van der Waals surface area contributed by atoms with E-state index >= 15 is 0 Å². The number of aliphatic carboxylic acids is 1. The second-order valence-electron chi connectivity index (χ2n) is 17.9. The van der Waals surface area contributed by atoms with E-state index in [9.17, 15) is 19.5 Å². The zero-order chi connectivity index (χ0) is 47.7. The Morgan fingerprint density at radius 1 is 0.492 bits per heavy atom. The number of nitrogens with zero attached hydrogens (tertiary/aromatic N) is 1. The monoisotopic (exact) mass is 905 g/mol. The molecule has 1 N–H and O–H groups in total. The van der Waals surface area contributed by atoms with E-state index in [1.165, 1.54) is 77.0 Å². The summed E-state index contributed by atoms with van der Waals surface area (Å²) in [5.74, 6) is -1.55. The zero-order valence-electron chi connectivity index (χ0n) is 41.9. The van der Waals surface area contributed by atoms with E-state index in [1.54, 1.807) is 0 Å². The molecule has 368 valence electrons. The van der Waals surface area contributed by atoms with Crippen LogP contribution in [0.5, 0.6) is 0 Å². The lowest BCUT2D eigenvalue weighted by molar-refractivity contribution is -0.887. The van der Waals surface area contributed by atoms with E-state index < -0.39 is 18.1 Å². The highest BCUT2D eigenvalue weighted by molar-refractivity contribution is 5.72. The predicted octanol–water partition coefficient (Wildman–Crippen LogP) is 14.8. The molecule has 0 saturated heterocycles. The first kappa shape index (κ1) is 61.0. The average molecular weight is 905 g/mol. The zero-order valence-corrected chi connectivity index (χ0v) is 41.9. The van der Waals surface area contributed by atoms with Gasteiger partial charge in [0.2, 0.25) is 0 Å². The van der Waals surface area contributed by atoms with Crippen molar-refractivity contribution in [3.63, 3.8) is 0 Å². The van der Waals surface area contributed by atoms with E-state index in [0.29, 0.717) is 25.7 Å². The second kappa shape index (κ2) is 46.5. The topological polar surface area (TPSA) is 99.1 Å². The van der Waals surface area contributed by atoms with Crippen molar-refractivity contribution in [2.45, 2.75) is 193 Å². The van der Waals surface area contributed by atoms with Crippen molar-refractivity contribution in [2.24, 2.45) is 0 Å². The number of allylic oxidation sites excluding steroid dienone is 18. The Labute approximate surface area is 398 Å². The van der Waals surface area contributed by atoms with Crippen molar-refractivity contribution < 1.29 is 38.2 Å². The number of likely N-dealkylation sites (N-methyl/N-ethyl adjacent to an activating group) is 1. The summed E-state index contributed by atoms with van der Waals surface area (Å²) in [5.41, 5.74) is 0. The van der Waals surface area contributed by atoms with Crippen molar-refractivity contribution in [1.82, 2.24) is 0 Å². The standard InChI is InChI=1S/C57H93NO7/c1-6-8-10-12-14-16-18-20-22-24-26-27-28-30-32-34-36-38-40-42-44-46-48-56(60)65-53(51-63-50-49-54(57(61)62)58(3,4)5)52-64-55(59)47-45-43-41-39-37-35-33-31-29-25-23-21-19-17-15-13-11-9-7-2/h9,11,13,15,17,19,21,23-26,28-31,33,35,37,53-54H,6-8,10,12,14,16,18,20,22,27,32,34,36,38-52H2,1-5H3/p+1/b11-9+,15-13+,19-17+,23-21+,26-24+,29-25+,30-28+,33-31+,37-35+. The summed E-state index contributed by atoms with van der Waals surface area (Å²) in [6.07, 6.45) is 64.2. The van der Waals surface area contributed by atoms with Gasteiger partial charge in [0, 0.05) is 19.3 Å². The van der Waals surface area contributed by atoms with Gasteiger partial charge >= 0.3 is 17.9 Å². The minimum Gasteiger partial charge on any atom is -0.477 e. The molecule has 0 aromatic heterocycles. The van der Waals surface area contributed by atoms with Gasteiger partial charge in [-0.05, 0) is 64.2 Å². The molecule has 0 amide bonds. The van der Waals surface area contributed by atoms with Crippen molar-refractivity contribution in [3.8, 4) is 0 Å². The average Bonchev–Trinajstić information content (AvgIpc) is 3.27. The van der Waals surface area contributed by atoms with Gasteiger partial charge in [0.15, 0.2) is 12.1 Å². The number of rotatable bonds is 44. The Balaban J connectivity index is 4.39. The van der Waals surface area contributed by atoms with Gasteiger partial charge in [-0.25, -0.2) is 4.79 Å². The number of esters is 2. The van der Waals surface area contributed by atoms with Crippen molar-refractivity contribution in [3.05, 3.63) is 109 Å². The van der Waals surface area contributed by atoms with E-state index in [1.807, 2.05) is 94.1 Å². The second-order valence-corrected chi connectivity index (χ2v) is 17.9. The highest BCUT2D eigenvalue weighted by Gasteiger charge is 2.31. The van der Waals surface area contributed by atoms with Crippen LogP contribution in [0.4, 0.5) is 0 Å². The summed E-state index contributed by atoms with van der Waals surface area (Å²) >= 11 is 0. The fraction of sp³-hybridized carbons (Fsp3) is 0.632. The highest BCUT2D eigenvalue weighted by atomic mass is 16.6. The number of hydrogen-bond acceptors (Lipinski definition) is 6. The van der Waals surface area contributed by atoms with Gasteiger partial charge in [-0.1, -0.05) is 207 Å². The van der Waals surface area contributed by atoms with Crippen LogP contribution in [0.1, 0.15) is 181 Å². The first-order chi connectivity index (χ1) is 31.6. The fourth-order valence-electron chi connectivity index (χ4n) is 6.93. The van der Waals surface area contributed by atoms with Gasteiger partial charge in [0.05, 0.1) is 34.4 Å². The lowest BCUT2D eigenvalue weighted by atomic mass is 10.1. The van der Waals surface area contributed by atoms with Crippen molar-refractivity contribution >= 4 is 17.9 Å². The molecule has 8 heteroatoms. The maximum Gasteiger partial charge on any atom is 0.362 e. The Morgan fingerprint density at radius 3 is 1.42 bits per heavy atom. The number of carboxylic acid groups (broad SMARTS) is 1. The maximum atomic E-state index is 12.8. The molecule has 0 aromatic rings. The van der Waals surface area contributed by atoms with Crippen molar-refractivity contribution in [1.29, 1.82) is 0 Å². The third kappa shape index (κ3) is 45.0. The largest absolute Gasteiger partial charge is 0.477 e. The highest BCUT2D eigenvalue weighted by Crippen LogP contribution is 2.14. The fourth-order valence-corrected chi connectivity index (χ4v) is 6.93. The Morgan fingerprint density at radius 2 is 0.923 bits per heavy atom. The number of carbonyl (C=O) groups excluding carboxylic acids is 2. The minimum absolute atomic E-state index is 0.0353. The summed E-state index contributed by atoms with van der Waals surface area (Å²) in [6, 6.07) is -0.631. The number of hydrogen-bond donors (Lipinski definition) is 1. The smallest absolute Gasteiger partial charge is 0.362 e. The van der Waals surface area contributed by atoms with E-state index in [-0.39, 0.29) is 36.2 Å². The van der Waals surface area contributed by atoms with E-state index in [0.717, 1.165) is 64.2 Å². The molecule has 0 aromatic carbocycles. The number of quaternary nitrogens is 1. The molecule has 0 aliphatic carbocycles. The van der Waals surface area contributed by atoms with Crippen LogP contribution in [0.25, 0.3) is 0 Å². The van der Waals surface area contributed by atoms with E-state index in [2.05, 4.69) is 50.3 Å². The third-order valence-electron chi connectivity index (χ3n) is 10.9. The third-order valence-corrected chi connectivity index (χ3v) is 10.9. The molecule has 0 fully saturated rings. The molecule has 0 rings (SSSR count). The van der Waals surface area contributed by atoms with Crippen LogP contribution < -0.4 is 0 Å². The van der Waals surface area contributed by atoms with Crippen molar-refractivity contribution in [2.75, 3.05) is 41.0 Å². The van der Waals surface area contributed by atoms with Gasteiger partial charge in [-0.15, -0.1) is 0 Å². The SMILES string of the molecule is CC/C=C/C=C/C=C/C=C/C=C/C=C/C=C/CCCCCC(=O)OCC(COCCC(C(=O)O)[N+](C)(C)C)OC(=O)CCCCCCCCC/C=C/C/C=C/CCCCCCCCCC. The van der Waals surface area contributed by atoms with Crippen LogP contribution in [0, 0.1) is 0 Å². The first-order valence-electron chi connectivity index (χ1n) is 25.5. The molecular formula is C57H94NO7+. The van der Waals surface area contributed by atoms with Gasteiger partial charge < -0.3 is 23.8 Å². The minimum atomic E-state index is -0.887. The molecule has 2 unspecified atom stereocenters.